The van der Waals surface area contributed by atoms with Crippen LogP contribution in [0.4, 0.5) is 17.2 Å². The maximum Gasteiger partial charge on any atom is 0.171 e. The zero-order valence-electron chi connectivity index (χ0n) is 13.2. The van der Waals surface area contributed by atoms with E-state index in [0.29, 0.717) is 11.7 Å². The van der Waals surface area contributed by atoms with Crippen molar-refractivity contribution >= 4 is 34.5 Å². The molecule has 1 aromatic carbocycles. The third-order valence-corrected chi connectivity index (χ3v) is 3.56. The highest BCUT2D eigenvalue weighted by Crippen LogP contribution is 2.17. The van der Waals surface area contributed by atoms with Crippen LogP contribution in [0.3, 0.4) is 0 Å². The SMILES string of the molecule is Cc1cccc(Nc2ccc(NC(=S)NCc3ccco3)cn2)c1. The molecular weight excluding hydrogens is 320 g/mol. The van der Waals surface area contributed by atoms with Crippen molar-refractivity contribution in [3.05, 3.63) is 72.3 Å². The third-order valence-electron chi connectivity index (χ3n) is 3.32. The van der Waals surface area contributed by atoms with E-state index < -0.39 is 0 Å². The Balaban J connectivity index is 1.53. The number of pyridine rings is 1. The molecule has 2 aromatic heterocycles. The molecule has 3 rings (SSSR count). The average Bonchev–Trinajstić information content (AvgIpc) is 3.08. The van der Waals surface area contributed by atoms with Gasteiger partial charge in [-0.15, -0.1) is 0 Å². The molecule has 24 heavy (non-hydrogen) atoms. The van der Waals surface area contributed by atoms with Gasteiger partial charge in [0.05, 0.1) is 24.7 Å². The van der Waals surface area contributed by atoms with Crippen LogP contribution in [0.2, 0.25) is 0 Å². The Hall–Kier alpha value is -2.86. The predicted octanol–water partition coefficient (Wildman–Crippen LogP) is 4.21. The van der Waals surface area contributed by atoms with Gasteiger partial charge in [0, 0.05) is 5.69 Å². The van der Waals surface area contributed by atoms with E-state index in [4.69, 9.17) is 16.6 Å². The minimum atomic E-state index is 0.521. The third kappa shape index (κ3) is 4.57. The number of hydrogen-bond donors (Lipinski definition) is 3. The molecule has 0 aliphatic carbocycles. The molecule has 0 saturated heterocycles. The molecule has 3 N–H and O–H groups in total. The quantitative estimate of drug-likeness (QED) is 0.606. The van der Waals surface area contributed by atoms with Crippen molar-refractivity contribution in [2.24, 2.45) is 0 Å². The summed E-state index contributed by atoms with van der Waals surface area (Å²) in [7, 11) is 0. The van der Waals surface area contributed by atoms with Crippen LogP contribution >= 0.6 is 12.2 Å². The zero-order valence-corrected chi connectivity index (χ0v) is 14.1. The molecule has 0 atom stereocenters. The Kier molecular flexibility index (Phi) is 5.08. The number of nitrogens with zero attached hydrogens (tertiary/aromatic N) is 1. The lowest BCUT2D eigenvalue weighted by molar-refractivity contribution is 0.503. The van der Waals surface area contributed by atoms with E-state index in [1.807, 2.05) is 36.4 Å². The van der Waals surface area contributed by atoms with E-state index in [1.54, 1.807) is 12.5 Å². The Morgan fingerprint density at radius 1 is 1.12 bits per heavy atom. The topological polar surface area (TPSA) is 62.1 Å². The van der Waals surface area contributed by atoms with Crippen LogP contribution < -0.4 is 16.0 Å². The lowest BCUT2D eigenvalue weighted by Crippen LogP contribution is -2.27. The molecule has 5 nitrogen and oxygen atoms in total. The lowest BCUT2D eigenvalue weighted by atomic mass is 10.2. The standard InChI is InChI=1S/C18H18N4OS/c1-13-4-2-5-14(10-13)21-17-8-7-15(11-19-17)22-18(24)20-12-16-6-3-9-23-16/h2-11H,12H2,1H3,(H,19,21)(H2,20,22,24). The number of nitrogens with one attached hydrogen (secondary N) is 3. The number of hydrogen-bond acceptors (Lipinski definition) is 4. The van der Waals surface area contributed by atoms with E-state index in [9.17, 15) is 0 Å². The summed E-state index contributed by atoms with van der Waals surface area (Å²) in [6.45, 7) is 2.60. The second kappa shape index (κ2) is 7.61. The Labute approximate surface area is 146 Å². The lowest BCUT2D eigenvalue weighted by Gasteiger charge is -2.10. The van der Waals surface area contributed by atoms with Gasteiger partial charge in [-0.05, 0) is 61.1 Å². The van der Waals surface area contributed by atoms with Gasteiger partial charge in [0.2, 0.25) is 0 Å². The van der Waals surface area contributed by atoms with Crippen LogP contribution in [0, 0.1) is 6.92 Å². The fourth-order valence-corrected chi connectivity index (χ4v) is 2.36. The highest BCUT2D eigenvalue weighted by Gasteiger charge is 2.01. The van der Waals surface area contributed by atoms with Crippen molar-refractivity contribution in [2.45, 2.75) is 13.5 Å². The first-order valence-corrected chi connectivity index (χ1v) is 7.97. The van der Waals surface area contributed by atoms with Crippen molar-refractivity contribution in [1.29, 1.82) is 0 Å². The number of thiocarbonyl (C=S) groups is 1. The molecule has 0 unspecified atom stereocenters. The molecule has 122 valence electrons. The molecule has 6 heteroatoms. The first-order valence-electron chi connectivity index (χ1n) is 7.56. The van der Waals surface area contributed by atoms with E-state index in [1.165, 1.54) is 5.56 Å². The van der Waals surface area contributed by atoms with Gasteiger partial charge in [-0.25, -0.2) is 4.98 Å². The summed E-state index contributed by atoms with van der Waals surface area (Å²) < 4.78 is 5.24. The normalized spacial score (nSPS) is 10.2. The Morgan fingerprint density at radius 3 is 2.75 bits per heavy atom. The summed E-state index contributed by atoms with van der Waals surface area (Å²) in [6, 6.07) is 15.7. The highest BCUT2D eigenvalue weighted by molar-refractivity contribution is 7.80. The molecule has 0 spiro atoms. The van der Waals surface area contributed by atoms with Gasteiger partial charge in [0.15, 0.2) is 5.11 Å². The number of aromatic nitrogens is 1. The molecule has 2 heterocycles. The van der Waals surface area contributed by atoms with Crippen LogP contribution in [-0.4, -0.2) is 10.1 Å². The summed E-state index contributed by atoms with van der Waals surface area (Å²) >= 11 is 5.25. The molecule has 0 aliphatic heterocycles. The minimum absolute atomic E-state index is 0.521. The second-order valence-electron chi connectivity index (χ2n) is 5.31. The zero-order chi connectivity index (χ0) is 16.8. The van der Waals surface area contributed by atoms with Gasteiger partial charge in [-0.1, -0.05) is 12.1 Å². The van der Waals surface area contributed by atoms with Crippen LogP contribution in [0.1, 0.15) is 11.3 Å². The van der Waals surface area contributed by atoms with Crippen molar-refractivity contribution in [3.8, 4) is 0 Å². The molecular formula is C18H18N4OS. The van der Waals surface area contributed by atoms with Crippen molar-refractivity contribution < 1.29 is 4.42 Å². The molecule has 0 bridgehead atoms. The maximum atomic E-state index is 5.25. The summed E-state index contributed by atoms with van der Waals surface area (Å²) in [5.74, 6) is 1.61. The predicted molar refractivity (Wildman–Crippen MR) is 100 cm³/mol. The molecule has 0 fully saturated rings. The summed E-state index contributed by atoms with van der Waals surface area (Å²) in [5.41, 5.74) is 3.03. The molecule has 0 saturated carbocycles. The summed E-state index contributed by atoms with van der Waals surface area (Å²) in [5, 5.41) is 9.96. The summed E-state index contributed by atoms with van der Waals surface area (Å²) in [6.07, 6.45) is 3.37. The van der Waals surface area contributed by atoms with Crippen molar-refractivity contribution in [3.63, 3.8) is 0 Å². The van der Waals surface area contributed by atoms with Gasteiger partial charge in [0.25, 0.3) is 0 Å². The second-order valence-corrected chi connectivity index (χ2v) is 5.72. The van der Waals surface area contributed by atoms with Crippen LogP contribution in [0.15, 0.2) is 65.4 Å². The fraction of sp³-hybridized carbons (Fsp3) is 0.111. The summed E-state index contributed by atoms with van der Waals surface area (Å²) in [4.78, 5) is 4.39. The Morgan fingerprint density at radius 2 is 2.04 bits per heavy atom. The highest BCUT2D eigenvalue weighted by atomic mass is 32.1. The Bertz CT molecular complexity index is 800. The molecule has 0 aliphatic rings. The van der Waals surface area contributed by atoms with Crippen molar-refractivity contribution in [1.82, 2.24) is 10.3 Å². The number of rotatable bonds is 5. The van der Waals surface area contributed by atoms with Crippen LogP contribution in [0.25, 0.3) is 0 Å². The van der Waals surface area contributed by atoms with Gasteiger partial charge >= 0.3 is 0 Å². The van der Waals surface area contributed by atoms with Gasteiger partial charge in [-0.2, -0.15) is 0 Å². The number of furan rings is 1. The monoisotopic (exact) mass is 338 g/mol. The smallest absolute Gasteiger partial charge is 0.171 e. The fourth-order valence-electron chi connectivity index (χ4n) is 2.17. The van der Waals surface area contributed by atoms with Crippen LogP contribution in [-0.2, 0) is 6.54 Å². The van der Waals surface area contributed by atoms with Crippen LogP contribution in [0.5, 0.6) is 0 Å². The largest absolute Gasteiger partial charge is 0.467 e. The molecule has 0 amide bonds. The van der Waals surface area contributed by atoms with Gasteiger partial charge in [-0.3, -0.25) is 0 Å². The minimum Gasteiger partial charge on any atom is -0.467 e. The van der Waals surface area contributed by atoms with Crippen molar-refractivity contribution in [2.75, 3.05) is 10.6 Å². The van der Waals surface area contributed by atoms with Gasteiger partial charge in [0.1, 0.15) is 11.6 Å². The van der Waals surface area contributed by atoms with E-state index in [0.717, 1.165) is 23.0 Å². The molecule has 3 aromatic rings. The average molecular weight is 338 g/mol. The van der Waals surface area contributed by atoms with E-state index in [-0.39, 0.29) is 0 Å². The number of anilines is 3. The first-order chi connectivity index (χ1) is 11.7. The number of benzene rings is 1. The van der Waals surface area contributed by atoms with Gasteiger partial charge < -0.3 is 20.4 Å². The number of aryl methyl sites for hydroxylation is 1. The van der Waals surface area contributed by atoms with E-state index in [2.05, 4.69) is 40.0 Å². The van der Waals surface area contributed by atoms with E-state index >= 15 is 0 Å². The first kappa shape index (κ1) is 16.0. The molecule has 0 radical (unpaired) electrons. The maximum absolute atomic E-state index is 5.25.